The Bertz CT molecular complexity index is 1020. The van der Waals surface area contributed by atoms with Gasteiger partial charge in [0.1, 0.15) is 6.33 Å². The summed E-state index contributed by atoms with van der Waals surface area (Å²) in [6.07, 6.45) is 2.54. The first-order valence-corrected chi connectivity index (χ1v) is 10.2. The summed E-state index contributed by atoms with van der Waals surface area (Å²) in [5, 5.41) is 11.0. The van der Waals surface area contributed by atoms with E-state index < -0.39 is 11.3 Å². The third kappa shape index (κ3) is 4.10. The fourth-order valence-electron chi connectivity index (χ4n) is 3.49. The summed E-state index contributed by atoms with van der Waals surface area (Å²) in [5.41, 5.74) is 6.38. The molecule has 2 N–H and O–H groups in total. The molecule has 30 heavy (non-hydrogen) atoms. The number of aromatic nitrogens is 4. The summed E-state index contributed by atoms with van der Waals surface area (Å²) in [7, 11) is 0. The molecule has 2 amide bonds. The van der Waals surface area contributed by atoms with Gasteiger partial charge >= 0.3 is 0 Å². The Kier molecular flexibility index (Phi) is 5.86. The Balaban J connectivity index is 1.45. The molecule has 0 radical (unpaired) electrons. The monoisotopic (exact) mass is 470 g/mol. The van der Waals surface area contributed by atoms with Gasteiger partial charge in [-0.3, -0.25) is 20.4 Å². The largest absolute Gasteiger partial charge is 0.381 e. The van der Waals surface area contributed by atoms with E-state index >= 15 is 0 Å². The van der Waals surface area contributed by atoms with Gasteiger partial charge in [-0.25, -0.2) is 4.68 Å². The van der Waals surface area contributed by atoms with Gasteiger partial charge in [0.05, 0.1) is 11.1 Å². The second kappa shape index (κ2) is 8.72. The van der Waals surface area contributed by atoms with Gasteiger partial charge in [0.2, 0.25) is 5.91 Å². The molecule has 1 fully saturated rings. The molecule has 0 bridgehead atoms. The molecular formula is C20H19BrN6O3. The van der Waals surface area contributed by atoms with Gasteiger partial charge in [0.15, 0.2) is 0 Å². The first kappa shape index (κ1) is 20.2. The minimum atomic E-state index is -0.754. The molecule has 0 aliphatic carbocycles. The van der Waals surface area contributed by atoms with Crippen LogP contribution in [0.15, 0.2) is 59.3 Å². The third-order valence-electron chi connectivity index (χ3n) is 5.21. The normalized spacial score (nSPS) is 15.4. The number of hydrogen-bond acceptors (Lipinski definition) is 6. The van der Waals surface area contributed by atoms with E-state index in [1.54, 1.807) is 24.3 Å². The van der Waals surface area contributed by atoms with E-state index in [4.69, 9.17) is 4.74 Å². The zero-order valence-corrected chi connectivity index (χ0v) is 17.5. The first-order valence-electron chi connectivity index (χ1n) is 9.36. The number of ether oxygens (including phenoxy) is 1. The Hall–Kier alpha value is -3.11. The quantitative estimate of drug-likeness (QED) is 0.563. The maximum absolute atomic E-state index is 13.1. The van der Waals surface area contributed by atoms with Crippen LogP contribution in [0, 0.1) is 0 Å². The molecular weight excluding hydrogens is 452 g/mol. The van der Waals surface area contributed by atoms with Crippen LogP contribution in [0.3, 0.4) is 0 Å². The smallest absolute Gasteiger partial charge is 0.269 e. The van der Waals surface area contributed by atoms with Crippen molar-refractivity contribution in [1.82, 2.24) is 31.1 Å². The van der Waals surface area contributed by atoms with Crippen molar-refractivity contribution >= 4 is 27.7 Å². The minimum Gasteiger partial charge on any atom is -0.381 e. The molecule has 10 heteroatoms. The predicted octanol–water partition coefficient (Wildman–Crippen LogP) is 1.93. The Morgan fingerprint density at radius 3 is 2.33 bits per heavy atom. The van der Waals surface area contributed by atoms with E-state index in [-0.39, 0.29) is 5.91 Å². The Morgan fingerprint density at radius 2 is 1.70 bits per heavy atom. The number of carbonyl (C=O) groups excluding carboxylic acids is 2. The van der Waals surface area contributed by atoms with Gasteiger partial charge in [0, 0.05) is 23.2 Å². The topological polar surface area (TPSA) is 111 Å². The molecule has 1 aliphatic rings. The van der Waals surface area contributed by atoms with Crippen LogP contribution in [0.2, 0.25) is 0 Å². The summed E-state index contributed by atoms with van der Waals surface area (Å²) in [4.78, 5) is 25.6. The molecule has 1 saturated heterocycles. The number of amides is 2. The molecule has 0 unspecified atom stereocenters. The first-order chi connectivity index (χ1) is 14.6. The number of hydrogen-bond donors (Lipinski definition) is 2. The molecule has 1 aliphatic heterocycles. The second-order valence-electron chi connectivity index (χ2n) is 6.91. The zero-order chi connectivity index (χ0) is 21.0. The average molecular weight is 471 g/mol. The summed E-state index contributed by atoms with van der Waals surface area (Å²) < 4.78 is 7.88. The highest BCUT2D eigenvalue weighted by atomic mass is 79.9. The predicted molar refractivity (Wildman–Crippen MR) is 111 cm³/mol. The number of halogens is 1. The summed E-state index contributed by atoms with van der Waals surface area (Å²) in [6.45, 7) is 0.964. The van der Waals surface area contributed by atoms with E-state index in [0.29, 0.717) is 31.6 Å². The summed E-state index contributed by atoms with van der Waals surface area (Å²) in [5.74, 6) is -0.670. The molecule has 4 rings (SSSR count). The van der Waals surface area contributed by atoms with Gasteiger partial charge in [-0.05, 0) is 65.2 Å². The van der Waals surface area contributed by atoms with Crippen LogP contribution in [-0.2, 0) is 14.9 Å². The molecule has 0 spiro atoms. The lowest BCUT2D eigenvalue weighted by atomic mass is 9.73. The van der Waals surface area contributed by atoms with Crippen molar-refractivity contribution in [1.29, 1.82) is 0 Å². The maximum Gasteiger partial charge on any atom is 0.269 e. The number of nitrogens with one attached hydrogen (secondary N) is 2. The van der Waals surface area contributed by atoms with Gasteiger partial charge in [-0.1, -0.05) is 28.1 Å². The van der Waals surface area contributed by atoms with Crippen molar-refractivity contribution < 1.29 is 14.3 Å². The highest BCUT2D eigenvalue weighted by molar-refractivity contribution is 9.10. The fraction of sp³-hybridized carbons (Fsp3) is 0.250. The lowest BCUT2D eigenvalue weighted by molar-refractivity contribution is -0.131. The number of tetrazole rings is 1. The number of hydrazine groups is 1. The van der Waals surface area contributed by atoms with Crippen molar-refractivity contribution in [3.63, 3.8) is 0 Å². The van der Waals surface area contributed by atoms with Gasteiger partial charge in [-0.2, -0.15) is 0 Å². The van der Waals surface area contributed by atoms with Gasteiger partial charge in [-0.15, -0.1) is 5.10 Å². The Labute approximate surface area is 180 Å². The molecule has 2 aromatic carbocycles. The van der Waals surface area contributed by atoms with E-state index in [0.717, 1.165) is 15.7 Å². The van der Waals surface area contributed by atoms with E-state index in [1.807, 2.05) is 24.3 Å². The minimum absolute atomic E-state index is 0.258. The molecule has 9 nitrogen and oxygen atoms in total. The van der Waals surface area contributed by atoms with Crippen LogP contribution in [0.5, 0.6) is 0 Å². The molecule has 0 atom stereocenters. The summed E-state index contributed by atoms with van der Waals surface area (Å²) in [6, 6.07) is 14.4. The van der Waals surface area contributed by atoms with Gasteiger partial charge in [0.25, 0.3) is 5.91 Å². The summed E-state index contributed by atoms with van der Waals surface area (Å²) >= 11 is 3.42. The highest BCUT2D eigenvalue weighted by Gasteiger charge is 2.42. The number of rotatable bonds is 4. The lowest BCUT2D eigenvalue weighted by Crippen LogP contribution is -2.53. The average Bonchev–Trinajstić information content (AvgIpc) is 3.33. The second-order valence-corrected chi connectivity index (χ2v) is 7.83. The van der Waals surface area contributed by atoms with Crippen molar-refractivity contribution in [3.05, 3.63) is 70.5 Å². The molecule has 154 valence electrons. The van der Waals surface area contributed by atoms with Crippen molar-refractivity contribution in [2.75, 3.05) is 13.2 Å². The van der Waals surface area contributed by atoms with Crippen LogP contribution >= 0.6 is 15.9 Å². The van der Waals surface area contributed by atoms with Gasteiger partial charge < -0.3 is 4.74 Å². The van der Waals surface area contributed by atoms with Crippen molar-refractivity contribution in [2.45, 2.75) is 18.3 Å². The highest BCUT2D eigenvalue weighted by Crippen LogP contribution is 2.35. The fourth-order valence-corrected chi connectivity index (χ4v) is 3.75. The molecule has 2 heterocycles. The van der Waals surface area contributed by atoms with E-state index in [9.17, 15) is 9.59 Å². The van der Waals surface area contributed by atoms with E-state index in [2.05, 4.69) is 42.3 Å². The van der Waals surface area contributed by atoms with Crippen molar-refractivity contribution in [2.24, 2.45) is 0 Å². The maximum atomic E-state index is 13.1. The van der Waals surface area contributed by atoms with Crippen LogP contribution < -0.4 is 10.9 Å². The van der Waals surface area contributed by atoms with E-state index in [1.165, 1.54) is 11.0 Å². The molecule has 1 aromatic heterocycles. The third-order valence-corrected chi connectivity index (χ3v) is 5.74. The van der Waals surface area contributed by atoms with Crippen LogP contribution in [0.4, 0.5) is 0 Å². The lowest BCUT2D eigenvalue weighted by Gasteiger charge is -2.36. The SMILES string of the molecule is O=C(NNC(=O)C1(c2ccc(Br)cc2)CCOCC1)c1ccc(-n2cnnn2)cc1. The molecule has 0 saturated carbocycles. The van der Waals surface area contributed by atoms with Crippen molar-refractivity contribution in [3.8, 4) is 5.69 Å². The molecule has 3 aromatic rings. The standard InChI is InChI=1S/C20H19BrN6O3/c21-16-5-3-15(4-6-16)20(9-11-30-12-10-20)19(29)24-23-18(28)14-1-7-17(8-2-14)27-13-22-25-26-27/h1-8,13H,9-12H2,(H,23,28)(H,24,29). The number of carbonyl (C=O) groups is 2. The Morgan fingerprint density at radius 1 is 1.00 bits per heavy atom. The van der Waals surface area contributed by atoms with Crippen LogP contribution in [0.1, 0.15) is 28.8 Å². The van der Waals surface area contributed by atoms with Crippen LogP contribution in [0.25, 0.3) is 5.69 Å². The zero-order valence-electron chi connectivity index (χ0n) is 15.9. The number of nitrogens with zero attached hydrogens (tertiary/aromatic N) is 4. The van der Waals surface area contributed by atoms with Crippen LogP contribution in [-0.4, -0.2) is 45.2 Å². The number of benzene rings is 2.